The van der Waals surface area contributed by atoms with E-state index in [0.29, 0.717) is 24.9 Å². The zero-order chi connectivity index (χ0) is 14.0. The zero-order valence-electron chi connectivity index (χ0n) is 11.1. The first-order valence-electron chi connectivity index (χ1n) is 5.82. The first kappa shape index (κ1) is 14.6. The van der Waals surface area contributed by atoms with Crippen LogP contribution in [0.4, 0.5) is 0 Å². The molecule has 2 aromatic heterocycles. The van der Waals surface area contributed by atoms with Crippen molar-refractivity contribution < 1.29 is 9.52 Å². The van der Waals surface area contributed by atoms with E-state index in [1.165, 1.54) is 0 Å². The summed E-state index contributed by atoms with van der Waals surface area (Å²) in [7, 11) is 1.91. The van der Waals surface area contributed by atoms with Crippen molar-refractivity contribution in [3.05, 3.63) is 21.8 Å². The lowest BCUT2D eigenvalue weighted by molar-refractivity contribution is 0.0403. The van der Waals surface area contributed by atoms with Gasteiger partial charge in [0, 0.05) is 6.54 Å². The maximum atomic E-state index is 9.74. The van der Waals surface area contributed by atoms with E-state index in [4.69, 9.17) is 4.42 Å². The fraction of sp³-hybridized carbons (Fsp3) is 0.500. The van der Waals surface area contributed by atoms with E-state index in [-0.39, 0.29) is 0 Å². The van der Waals surface area contributed by atoms with Crippen molar-refractivity contribution >= 4 is 27.3 Å². The van der Waals surface area contributed by atoms with Gasteiger partial charge in [0.1, 0.15) is 0 Å². The quantitative estimate of drug-likeness (QED) is 0.902. The van der Waals surface area contributed by atoms with Gasteiger partial charge in [-0.1, -0.05) is 0 Å². The molecule has 104 valence electrons. The molecule has 2 heterocycles. The molecule has 0 unspecified atom stereocenters. The molecule has 2 rings (SSSR count). The van der Waals surface area contributed by atoms with Crippen molar-refractivity contribution in [2.75, 3.05) is 13.6 Å². The second-order valence-electron chi connectivity index (χ2n) is 5.09. The monoisotopic (exact) mass is 345 g/mol. The highest BCUT2D eigenvalue weighted by molar-refractivity contribution is 9.11. The number of hydrogen-bond acceptors (Lipinski definition) is 6. The predicted octanol–water partition coefficient (Wildman–Crippen LogP) is 2.76. The van der Waals surface area contributed by atoms with Crippen LogP contribution in [-0.2, 0) is 6.54 Å². The molecular weight excluding hydrogens is 330 g/mol. The number of aromatic nitrogens is 2. The third kappa shape index (κ3) is 4.38. The molecule has 0 amide bonds. The van der Waals surface area contributed by atoms with Gasteiger partial charge < -0.3 is 9.52 Å². The fourth-order valence-electron chi connectivity index (χ4n) is 1.79. The molecule has 0 aliphatic carbocycles. The third-order valence-corrected chi connectivity index (χ3v) is 3.92. The van der Waals surface area contributed by atoms with Crippen molar-refractivity contribution in [2.24, 2.45) is 0 Å². The molecular formula is C12H16BrN3O2S. The van der Waals surface area contributed by atoms with E-state index in [1.807, 2.05) is 24.1 Å². The average molecular weight is 346 g/mol. The van der Waals surface area contributed by atoms with E-state index in [0.717, 1.165) is 8.66 Å². The van der Waals surface area contributed by atoms with Gasteiger partial charge in [0.05, 0.1) is 20.8 Å². The third-order valence-electron chi connectivity index (χ3n) is 2.31. The van der Waals surface area contributed by atoms with Crippen LogP contribution in [0.15, 0.2) is 20.3 Å². The molecule has 0 aliphatic heterocycles. The van der Waals surface area contributed by atoms with Crippen LogP contribution in [0.5, 0.6) is 0 Å². The molecule has 0 aromatic carbocycles. The van der Waals surface area contributed by atoms with Gasteiger partial charge in [-0.15, -0.1) is 21.5 Å². The van der Waals surface area contributed by atoms with Gasteiger partial charge in [-0.05, 0) is 49.0 Å². The van der Waals surface area contributed by atoms with Gasteiger partial charge in [-0.3, -0.25) is 4.90 Å². The van der Waals surface area contributed by atoms with Crippen molar-refractivity contribution in [2.45, 2.75) is 26.0 Å². The normalized spacial score (nSPS) is 12.3. The Bertz CT molecular complexity index is 547. The molecule has 0 saturated heterocycles. The smallest absolute Gasteiger partial charge is 0.257 e. The lowest BCUT2D eigenvalue weighted by Crippen LogP contribution is -2.35. The summed E-state index contributed by atoms with van der Waals surface area (Å²) in [4.78, 5) is 2.89. The Hall–Kier alpha value is -0.760. The molecule has 7 heteroatoms. The van der Waals surface area contributed by atoms with Crippen LogP contribution in [0.2, 0.25) is 0 Å². The predicted molar refractivity (Wildman–Crippen MR) is 77.9 cm³/mol. The molecule has 2 aromatic rings. The first-order chi connectivity index (χ1) is 8.83. The van der Waals surface area contributed by atoms with Gasteiger partial charge in [0.25, 0.3) is 5.89 Å². The minimum atomic E-state index is -0.740. The second-order valence-corrected chi connectivity index (χ2v) is 7.55. The fourth-order valence-corrected chi connectivity index (χ4v) is 3.10. The van der Waals surface area contributed by atoms with E-state index in [2.05, 4.69) is 26.1 Å². The van der Waals surface area contributed by atoms with Gasteiger partial charge in [-0.2, -0.15) is 0 Å². The molecule has 0 fully saturated rings. The Morgan fingerprint density at radius 2 is 2.16 bits per heavy atom. The highest BCUT2D eigenvalue weighted by Crippen LogP contribution is 2.30. The van der Waals surface area contributed by atoms with Gasteiger partial charge in [-0.25, -0.2) is 0 Å². The molecule has 0 spiro atoms. The summed E-state index contributed by atoms with van der Waals surface area (Å²) in [6.07, 6.45) is 0. The molecule has 1 N–H and O–H groups in total. The highest BCUT2D eigenvalue weighted by atomic mass is 79.9. The summed E-state index contributed by atoms with van der Waals surface area (Å²) in [5.41, 5.74) is -0.740. The van der Waals surface area contributed by atoms with E-state index >= 15 is 0 Å². The molecule has 0 atom stereocenters. The summed E-state index contributed by atoms with van der Waals surface area (Å²) in [5, 5.41) is 17.8. The summed E-state index contributed by atoms with van der Waals surface area (Å²) >= 11 is 4.95. The van der Waals surface area contributed by atoms with Crippen LogP contribution in [0.25, 0.3) is 10.8 Å². The lowest BCUT2D eigenvalue weighted by Gasteiger charge is -2.23. The van der Waals surface area contributed by atoms with Crippen LogP contribution in [0, 0.1) is 0 Å². The van der Waals surface area contributed by atoms with E-state index < -0.39 is 5.60 Å². The van der Waals surface area contributed by atoms with Gasteiger partial charge in [0.15, 0.2) is 0 Å². The Kier molecular flexibility index (Phi) is 4.39. The number of likely N-dealkylation sites (N-methyl/N-ethyl adjacent to an activating group) is 1. The number of rotatable bonds is 5. The lowest BCUT2D eigenvalue weighted by atomic mass is 10.1. The molecule has 0 bridgehead atoms. The number of aliphatic hydroxyl groups is 1. The maximum Gasteiger partial charge on any atom is 0.257 e. The van der Waals surface area contributed by atoms with Crippen molar-refractivity contribution in [3.8, 4) is 10.8 Å². The Labute approximate surface area is 124 Å². The highest BCUT2D eigenvalue weighted by Gasteiger charge is 2.18. The number of nitrogens with zero attached hydrogens (tertiary/aromatic N) is 3. The van der Waals surface area contributed by atoms with E-state index in [9.17, 15) is 5.11 Å². The second kappa shape index (κ2) is 5.70. The van der Waals surface area contributed by atoms with Crippen LogP contribution in [-0.4, -0.2) is 39.4 Å². The van der Waals surface area contributed by atoms with E-state index in [1.54, 1.807) is 25.2 Å². The van der Waals surface area contributed by atoms with Crippen LogP contribution >= 0.6 is 27.3 Å². The Morgan fingerprint density at radius 3 is 2.74 bits per heavy atom. The van der Waals surface area contributed by atoms with Crippen LogP contribution in [0.3, 0.4) is 0 Å². The summed E-state index contributed by atoms with van der Waals surface area (Å²) in [6.45, 7) is 4.59. The van der Waals surface area contributed by atoms with Crippen LogP contribution < -0.4 is 0 Å². The van der Waals surface area contributed by atoms with Crippen molar-refractivity contribution in [3.63, 3.8) is 0 Å². The SMILES string of the molecule is CN(Cc1nnc(-c2ccc(Br)s2)o1)CC(C)(C)O. The minimum Gasteiger partial charge on any atom is -0.419 e. The molecule has 0 aliphatic rings. The largest absolute Gasteiger partial charge is 0.419 e. The average Bonchev–Trinajstić information content (AvgIpc) is 2.83. The Balaban J connectivity index is 2.01. The van der Waals surface area contributed by atoms with Crippen LogP contribution in [0.1, 0.15) is 19.7 Å². The molecule has 0 radical (unpaired) electrons. The summed E-state index contributed by atoms with van der Waals surface area (Å²) in [6, 6.07) is 3.89. The maximum absolute atomic E-state index is 9.74. The standard InChI is InChI=1S/C12H16BrN3O2S/c1-12(2,17)7-16(3)6-10-14-15-11(18-10)8-4-5-9(13)19-8/h4-5,17H,6-7H2,1-3H3. The van der Waals surface area contributed by atoms with Crippen molar-refractivity contribution in [1.29, 1.82) is 0 Å². The minimum absolute atomic E-state index is 0.517. The molecule has 5 nitrogen and oxygen atoms in total. The number of halogens is 1. The topological polar surface area (TPSA) is 62.4 Å². The number of hydrogen-bond donors (Lipinski definition) is 1. The first-order valence-corrected chi connectivity index (χ1v) is 7.43. The van der Waals surface area contributed by atoms with Crippen molar-refractivity contribution in [1.82, 2.24) is 15.1 Å². The Morgan fingerprint density at radius 1 is 1.42 bits per heavy atom. The van der Waals surface area contributed by atoms with Gasteiger partial charge >= 0.3 is 0 Å². The number of thiophene rings is 1. The zero-order valence-corrected chi connectivity index (χ0v) is 13.5. The molecule has 0 saturated carbocycles. The van der Waals surface area contributed by atoms with Gasteiger partial charge in [0.2, 0.25) is 5.89 Å². The molecule has 19 heavy (non-hydrogen) atoms. The summed E-state index contributed by atoms with van der Waals surface area (Å²) < 4.78 is 6.64. The summed E-state index contributed by atoms with van der Waals surface area (Å²) in [5.74, 6) is 1.08.